The zero-order valence-electron chi connectivity index (χ0n) is 10.1. The lowest BCUT2D eigenvalue weighted by Gasteiger charge is -2.08. The van der Waals surface area contributed by atoms with E-state index in [1.54, 1.807) is 24.3 Å². The van der Waals surface area contributed by atoms with Crippen molar-refractivity contribution in [1.29, 1.82) is 0 Å². The molecule has 0 spiro atoms. The van der Waals surface area contributed by atoms with Gasteiger partial charge < -0.3 is 10.6 Å². The summed E-state index contributed by atoms with van der Waals surface area (Å²) in [7, 11) is 0. The lowest BCUT2D eigenvalue weighted by molar-refractivity contribution is -0.126. The van der Waals surface area contributed by atoms with Crippen molar-refractivity contribution in [2.75, 3.05) is 11.9 Å². The lowest BCUT2D eigenvalue weighted by Crippen LogP contribution is -2.28. The molecule has 0 aliphatic carbocycles. The molecular formula is C13H15ClN2O2. The summed E-state index contributed by atoms with van der Waals surface area (Å²) < 4.78 is 0. The Bertz CT molecular complexity index is 472. The van der Waals surface area contributed by atoms with Crippen molar-refractivity contribution in [3.05, 3.63) is 41.4 Å². The summed E-state index contributed by atoms with van der Waals surface area (Å²) in [5.41, 5.74) is 1.50. The monoisotopic (exact) mass is 266 g/mol. The smallest absolute Gasteiger partial charge is 0.233 e. The standard InChI is InChI=1S/C13H15ClN2O2/c1-3-6-15-12(17)8-13(18)16-11-5-4-10(14)7-9(11)2/h3-5,7H,1,6,8H2,2H3,(H,15,17)(H,16,18). The van der Waals surface area contributed by atoms with Gasteiger partial charge in [-0.15, -0.1) is 6.58 Å². The number of carbonyl (C=O) groups excluding carboxylic acids is 2. The zero-order chi connectivity index (χ0) is 13.5. The van der Waals surface area contributed by atoms with Crippen LogP contribution in [0.15, 0.2) is 30.9 Å². The molecule has 1 aromatic carbocycles. The molecule has 1 rings (SSSR count). The van der Waals surface area contributed by atoms with Gasteiger partial charge in [-0.1, -0.05) is 17.7 Å². The minimum atomic E-state index is -0.359. The third-order valence-corrected chi connectivity index (χ3v) is 2.46. The maximum absolute atomic E-state index is 11.6. The van der Waals surface area contributed by atoms with Gasteiger partial charge in [0.2, 0.25) is 11.8 Å². The van der Waals surface area contributed by atoms with Crippen LogP contribution < -0.4 is 10.6 Å². The second-order valence-electron chi connectivity index (χ2n) is 3.78. The Balaban J connectivity index is 2.54. The summed E-state index contributed by atoms with van der Waals surface area (Å²) in [4.78, 5) is 22.9. The maximum atomic E-state index is 11.6. The highest BCUT2D eigenvalue weighted by atomic mass is 35.5. The molecule has 96 valence electrons. The topological polar surface area (TPSA) is 58.2 Å². The summed E-state index contributed by atoms with van der Waals surface area (Å²) in [6, 6.07) is 5.13. The third-order valence-electron chi connectivity index (χ3n) is 2.23. The van der Waals surface area contributed by atoms with Crippen LogP contribution >= 0.6 is 11.6 Å². The number of amides is 2. The molecule has 0 aromatic heterocycles. The maximum Gasteiger partial charge on any atom is 0.233 e. The van der Waals surface area contributed by atoms with Crippen LogP contribution in [-0.2, 0) is 9.59 Å². The van der Waals surface area contributed by atoms with Crippen LogP contribution in [0.25, 0.3) is 0 Å². The van der Waals surface area contributed by atoms with E-state index >= 15 is 0 Å². The number of nitrogens with one attached hydrogen (secondary N) is 2. The minimum absolute atomic E-state index is 0.212. The van der Waals surface area contributed by atoms with Crippen LogP contribution in [-0.4, -0.2) is 18.4 Å². The first-order valence-electron chi connectivity index (χ1n) is 5.46. The van der Waals surface area contributed by atoms with E-state index in [1.807, 2.05) is 6.92 Å². The van der Waals surface area contributed by atoms with E-state index in [-0.39, 0.29) is 18.2 Å². The van der Waals surface area contributed by atoms with Gasteiger partial charge in [-0.3, -0.25) is 9.59 Å². The van der Waals surface area contributed by atoms with Crippen molar-refractivity contribution in [3.8, 4) is 0 Å². The van der Waals surface area contributed by atoms with Gasteiger partial charge >= 0.3 is 0 Å². The molecule has 0 aliphatic heterocycles. The second kappa shape index (κ2) is 6.81. The van der Waals surface area contributed by atoms with E-state index < -0.39 is 0 Å². The Morgan fingerprint density at radius 1 is 1.39 bits per heavy atom. The fourth-order valence-electron chi connectivity index (χ4n) is 1.36. The molecule has 2 amide bonds. The van der Waals surface area contributed by atoms with E-state index in [2.05, 4.69) is 17.2 Å². The molecule has 0 atom stereocenters. The third kappa shape index (κ3) is 4.59. The number of hydrogen-bond acceptors (Lipinski definition) is 2. The molecule has 18 heavy (non-hydrogen) atoms. The largest absolute Gasteiger partial charge is 0.352 e. The normalized spacial score (nSPS) is 9.67. The molecule has 0 saturated carbocycles. The van der Waals surface area contributed by atoms with Gasteiger partial charge in [-0.2, -0.15) is 0 Å². The second-order valence-corrected chi connectivity index (χ2v) is 4.21. The highest BCUT2D eigenvalue weighted by Crippen LogP contribution is 2.19. The van der Waals surface area contributed by atoms with Crippen LogP contribution in [0.1, 0.15) is 12.0 Å². The first-order chi connectivity index (χ1) is 8.52. The number of benzene rings is 1. The summed E-state index contributed by atoms with van der Waals surface area (Å²) in [5.74, 6) is -0.694. The summed E-state index contributed by atoms with van der Waals surface area (Å²) in [6.45, 7) is 5.66. The van der Waals surface area contributed by atoms with Crippen molar-refractivity contribution < 1.29 is 9.59 Å². The van der Waals surface area contributed by atoms with E-state index in [0.717, 1.165) is 5.56 Å². The minimum Gasteiger partial charge on any atom is -0.352 e. The van der Waals surface area contributed by atoms with Crippen molar-refractivity contribution in [2.45, 2.75) is 13.3 Å². The number of halogens is 1. The van der Waals surface area contributed by atoms with Gasteiger partial charge in [0.05, 0.1) is 0 Å². The molecule has 0 aliphatic rings. The summed E-state index contributed by atoms with van der Waals surface area (Å²) in [5, 5.41) is 5.80. The molecule has 4 nitrogen and oxygen atoms in total. The first-order valence-corrected chi connectivity index (χ1v) is 5.84. The molecule has 0 bridgehead atoms. The first kappa shape index (κ1) is 14.3. The van der Waals surface area contributed by atoms with Crippen molar-refractivity contribution >= 4 is 29.1 Å². The molecule has 0 radical (unpaired) electrons. The van der Waals surface area contributed by atoms with Crippen molar-refractivity contribution in [2.24, 2.45) is 0 Å². The van der Waals surface area contributed by atoms with E-state index in [0.29, 0.717) is 17.3 Å². The van der Waals surface area contributed by atoms with E-state index in [1.165, 1.54) is 0 Å². The number of rotatable bonds is 5. The molecule has 0 heterocycles. The Morgan fingerprint density at radius 3 is 2.72 bits per heavy atom. The number of hydrogen-bond donors (Lipinski definition) is 2. The average Bonchev–Trinajstić information content (AvgIpc) is 2.30. The van der Waals surface area contributed by atoms with Crippen LogP contribution in [0.5, 0.6) is 0 Å². The molecule has 0 unspecified atom stereocenters. The molecular weight excluding hydrogens is 252 g/mol. The van der Waals surface area contributed by atoms with Crippen LogP contribution in [0, 0.1) is 6.92 Å². The van der Waals surface area contributed by atoms with E-state index in [9.17, 15) is 9.59 Å². The quantitative estimate of drug-likeness (QED) is 0.635. The SMILES string of the molecule is C=CCNC(=O)CC(=O)Nc1ccc(Cl)cc1C. The Kier molecular flexibility index (Phi) is 5.39. The summed E-state index contributed by atoms with van der Waals surface area (Å²) in [6.07, 6.45) is 1.34. The Morgan fingerprint density at radius 2 is 2.11 bits per heavy atom. The lowest BCUT2D eigenvalue weighted by atomic mass is 10.2. The Hall–Kier alpha value is -1.81. The number of carbonyl (C=O) groups is 2. The van der Waals surface area contributed by atoms with Crippen LogP contribution in [0.4, 0.5) is 5.69 Å². The van der Waals surface area contributed by atoms with Gasteiger partial charge in [0.1, 0.15) is 6.42 Å². The van der Waals surface area contributed by atoms with Gasteiger partial charge in [0.15, 0.2) is 0 Å². The fourth-order valence-corrected chi connectivity index (χ4v) is 1.58. The van der Waals surface area contributed by atoms with Crippen LogP contribution in [0.2, 0.25) is 5.02 Å². The number of aryl methyl sites for hydroxylation is 1. The highest BCUT2D eigenvalue weighted by molar-refractivity contribution is 6.30. The number of anilines is 1. The molecule has 1 aromatic rings. The summed E-state index contributed by atoms with van der Waals surface area (Å²) >= 11 is 5.81. The molecule has 2 N–H and O–H groups in total. The Labute approximate surface area is 111 Å². The van der Waals surface area contributed by atoms with Crippen molar-refractivity contribution in [3.63, 3.8) is 0 Å². The van der Waals surface area contributed by atoms with Gasteiger partial charge in [0, 0.05) is 17.3 Å². The predicted octanol–water partition coefficient (Wildman–Crippen LogP) is 2.28. The van der Waals surface area contributed by atoms with Gasteiger partial charge in [-0.25, -0.2) is 0 Å². The zero-order valence-corrected chi connectivity index (χ0v) is 10.9. The molecule has 0 saturated heterocycles. The van der Waals surface area contributed by atoms with Gasteiger partial charge in [-0.05, 0) is 30.7 Å². The molecule has 0 fully saturated rings. The predicted molar refractivity (Wildman–Crippen MR) is 72.6 cm³/mol. The van der Waals surface area contributed by atoms with Gasteiger partial charge in [0.25, 0.3) is 0 Å². The van der Waals surface area contributed by atoms with E-state index in [4.69, 9.17) is 11.6 Å². The fraction of sp³-hybridized carbons (Fsp3) is 0.231. The van der Waals surface area contributed by atoms with Crippen molar-refractivity contribution in [1.82, 2.24) is 5.32 Å². The van der Waals surface area contributed by atoms with Crippen LogP contribution in [0.3, 0.4) is 0 Å². The molecule has 5 heteroatoms. The average molecular weight is 267 g/mol. The highest BCUT2D eigenvalue weighted by Gasteiger charge is 2.09.